The minimum atomic E-state index is 0.450. The third-order valence-corrected chi connectivity index (χ3v) is 3.81. The van der Waals surface area contributed by atoms with Crippen molar-refractivity contribution < 1.29 is 4.42 Å². The summed E-state index contributed by atoms with van der Waals surface area (Å²) in [6.07, 6.45) is 2.27. The molecule has 0 saturated heterocycles. The van der Waals surface area contributed by atoms with Crippen LogP contribution in [0.4, 0.5) is 0 Å². The maximum atomic E-state index is 6.08. The fraction of sp³-hybridized carbons (Fsp3) is 0.200. The minimum absolute atomic E-state index is 0.450. The van der Waals surface area contributed by atoms with Crippen molar-refractivity contribution in [3.63, 3.8) is 0 Å². The van der Waals surface area contributed by atoms with Crippen LogP contribution in [-0.4, -0.2) is 9.97 Å². The van der Waals surface area contributed by atoms with E-state index in [-0.39, 0.29) is 0 Å². The summed E-state index contributed by atoms with van der Waals surface area (Å²) in [6, 6.07) is 9.18. The van der Waals surface area contributed by atoms with Crippen molar-refractivity contribution >= 4 is 34.2 Å². The van der Waals surface area contributed by atoms with Crippen molar-refractivity contribution in [1.29, 1.82) is 0 Å². The predicted molar refractivity (Wildman–Crippen MR) is 79.2 cm³/mol. The zero-order chi connectivity index (χ0) is 13.7. The van der Waals surface area contributed by atoms with Crippen molar-refractivity contribution in [1.82, 2.24) is 9.97 Å². The molecule has 0 spiro atoms. The fourth-order valence-corrected chi connectivity index (χ4v) is 2.60. The van der Waals surface area contributed by atoms with Crippen LogP contribution in [0.1, 0.15) is 24.6 Å². The summed E-state index contributed by atoms with van der Waals surface area (Å²) in [5, 5.41) is 2.09. The number of halogens is 2. The van der Waals surface area contributed by atoms with E-state index >= 15 is 0 Å². The monoisotopic (exact) mass is 304 g/mol. The number of nitrogens with zero attached hydrogens (tertiary/aromatic N) is 2. The summed E-state index contributed by atoms with van der Waals surface area (Å²) in [7, 11) is 0. The van der Waals surface area contributed by atoms with Gasteiger partial charge in [-0.15, -0.1) is 0 Å². The van der Waals surface area contributed by atoms with Crippen LogP contribution in [0.5, 0.6) is 0 Å². The van der Waals surface area contributed by atoms with Crippen LogP contribution >= 0.6 is 23.2 Å². The molecule has 3 nitrogen and oxygen atoms in total. The van der Waals surface area contributed by atoms with Gasteiger partial charge in [0.05, 0.1) is 0 Å². The lowest BCUT2D eigenvalue weighted by molar-refractivity contribution is 0.627. The van der Waals surface area contributed by atoms with E-state index in [1.54, 1.807) is 12.1 Å². The first-order valence-corrected chi connectivity index (χ1v) is 7.18. The summed E-state index contributed by atoms with van der Waals surface area (Å²) in [5.41, 5.74) is 1.51. The van der Waals surface area contributed by atoms with Gasteiger partial charge in [0.25, 0.3) is 0 Å². The van der Waals surface area contributed by atoms with E-state index in [2.05, 4.69) is 9.97 Å². The van der Waals surface area contributed by atoms with Crippen molar-refractivity contribution in [2.24, 2.45) is 0 Å². The number of fused-ring (bicyclic) bond motifs is 1. The summed E-state index contributed by atoms with van der Waals surface area (Å²) in [6.45, 7) is 0. The second kappa shape index (κ2) is 4.47. The first-order valence-electron chi connectivity index (χ1n) is 6.43. The van der Waals surface area contributed by atoms with Gasteiger partial charge in [0, 0.05) is 22.4 Å². The topological polar surface area (TPSA) is 38.9 Å². The molecule has 100 valence electrons. The summed E-state index contributed by atoms with van der Waals surface area (Å²) in [5.74, 6) is 1.95. The van der Waals surface area contributed by atoms with Crippen LogP contribution in [0, 0.1) is 0 Å². The van der Waals surface area contributed by atoms with Crippen molar-refractivity contribution in [2.45, 2.75) is 18.8 Å². The maximum Gasteiger partial charge on any atom is 0.153 e. The first-order chi connectivity index (χ1) is 9.69. The standard InChI is InChI=1S/C15H10Cl2N2O/c16-10-3-4-12-9(5-10)6-13(20-12)11-7-14(17)19-15(18-11)8-1-2-8/h3-8H,1-2H2. The molecule has 2 heterocycles. The number of rotatable bonds is 2. The third kappa shape index (κ3) is 2.17. The average molecular weight is 305 g/mol. The number of benzene rings is 1. The molecule has 5 heteroatoms. The lowest BCUT2D eigenvalue weighted by atomic mass is 10.2. The van der Waals surface area contributed by atoms with Gasteiger partial charge in [0.15, 0.2) is 5.76 Å². The molecule has 0 aliphatic heterocycles. The smallest absolute Gasteiger partial charge is 0.153 e. The van der Waals surface area contributed by atoms with Gasteiger partial charge in [-0.25, -0.2) is 9.97 Å². The summed E-state index contributed by atoms with van der Waals surface area (Å²) < 4.78 is 5.81. The molecule has 2 aromatic heterocycles. The zero-order valence-corrected chi connectivity index (χ0v) is 11.9. The molecule has 1 aliphatic carbocycles. The molecule has 1 saturated carbocycles. The Kier molecular flexibility index (Phi) is 2.72. The zero-order valence-electron chi connectivity index (χ0n) is 10.4. The first kappa shape index (κ1) is 12.2. The van der Waals surface area contributed by atoms with E-state index in [0.29, 0.717) is 21.9 Å². The molecule has 0 amide bonds. The molecular formula is C15H10Cl2N2O. The van der Waals surface area contributed by atoms with Crippen LogP contribution in [0.25, 0.3) is 22.4 Å². The molecule has 0 bridgehead atoms. The van der Waals surface area contributed by atoms with Gasteiger partial charge < -0.3 is 4.42 Å². The third-order valence-electron chi connectivity index (χ3n) is 3.39. The normalized spacial score (nSPS) is 14.9. The van der Waals surface area contributed by atoms with Crippen LogP contribution in [-0.2, 0) is 0 Å². The molecule has 0 unspecified atom stereocenters. The Bertz CT molecular complexity index is 809. The van der Waals surface area contributed by atoms with Gasteiger partial charge in [-0.1, -0.05) is 23.2 Å². The Morgan fingerprint density at radius 2 is 1.90 bits per heavy atom. The quantitative estimate of drug-likeness (QED) is 0.620. The molecule has 3 aromatic rings. The number of hydrogen-bond acceptors (Lipinski definition) is 3. The highest BCUT2D eigenvalue weighted by atomic mass is 35.5. The van der Waals surface area contributed by atoms with Crippen molar-refractivity contribution in [3.8, 4) is 11.5 Å². The number of aromatic nitrogens is 2. The Labute approximate surface area is 125 Å². The summed E-state index contributed by atoms with van der Waals surface area (Å²) >= 11 is 12.1. The molecule has 1 aliphatic rings. The highest BCUT2D eigenvalue weighted by Gasteiger charge is 2.27. The Morgan fingerprint density at radius 3 is 2.70 bits per heavy atom. The highest BCUT2D eigenvalue weighted by Crippen LogP contribution is 2.39. The van der Waals surface area contributed by atoms with Crippen LogP contribution in [0.2, 0.25) is 10.2 Å². The second-order valence-corrected chi connectivity index (χ2v) is 5.82. The Morgan fingerprint density at radius 1 is 1.05 bits per heavy atom. The van der Waals surface area contributed by atoms with Gasteiger partial charge in [0.2, 0.25) is 0 Å². The van der Waals surface area contributed by atoms with Crippen LogP contribution in [0.3, 0.4) is 0 Å². The molecule has 4 rings (SSSR count). The van der Waals surface area contributed by atoms with Crippen molar-refractivity contribution in [3.05, 3.63) is 46.3 Å². The van der Waals surface area contributed by atoms with Gasteiger partial charge in [-0.3, -0.25) is 0 Å². The second-order valence-electron chi connectivity index (χ2n) is 5.00. The largest absolute Gasteiger partial charge is 0.454 e. The van der Waals surface area contributed by atoms with E-state index in [9.17, 15) is 0 Å². The Balaban J connectivity index is 1.85. The maximum absolute atomic E-state index is 6.08. The average Bonchev–Trinajstić information content (AvgIpc) is 3.18. The highest BCUT2D eigenvalue weighted by molar-refractivity contribution is 6.31. The lowest BCUT2D eigenvalue weighted by Crippen LogP contribution is -1.94. The van der Waals surface area contributed by atoms with Gasteiger partial charge in [-0.2, -0.15) is 0 Å². The molecule has 1 fully saturated rings. The SMILES string of the molecule is Clc1ccc2oc(-c3cc(Cl)nc(C4CC4)n3)cc2c1. The fourth-order valence-electron chi connectivity index (χ4n) is 2.23. The molecule has 1 aromatic carbocycles. The van der Waals surface area contributed by atoms with Crippen LogP contribution in [0.15, 0.2) is 34.7 Å². The lowest BCUT2D eigenvalue weighted by Gasteiger charge is -2.01. The molecule has 20 heavy (non-hydrogen) atoms. The van der Waals surface area contributed by atoms with E-state index in [1.807, 2.05) is 18.2 Å². The predicted octanol–water partition coefficient (Wildman–Crippen LogP) is 5.07. The Hall–Kier alpha value is -1.58. The molecule has 0 N–H and O–H groups in total. The van der Waals surface area contributed by atoms with Gasteiger partial charge in [0.1, 0.15) is 22.3 Å². The van der Waals surface area contributed by atoms with E-state index in [0.717, 1.165) is 35.3 Å². The molecular weight excluding hydrogens is 295 g/mol. The molecule has 0 atom stereocenters. The van der Waals surface area contributed by atoms with Gasteiger partial charge >= 0.3 is 0 Å². The number of hydrogen-bond donors (Lipinski definition) is 0. The minimum Gasteiger partial charge on any atom is -0.454 e. The summed E-state index contributed by atoms with van der Waals surface area (Å²) in [4.78, 5) is 8.84. The van der Waals surface area contributed by atoms with Crippen molar-refractivity contribution in [2.75, 3.05) is 0 Å². The molecule has 0 radical (unpaired) electrons. The van der Waals surface area contributed by atoms with E-state index < -0.39 is 0 Å². The van der Waals surface area contributed by atoms with Crippen LogP contribution < -0.4 is 0 Å². The van der Waals surface area contributed by atoms with Gasteiger partial charge in [-0.05, 0) is 37.1 Å². The van der Waals surface area contributed by atoms with E-state index in [4.69, 9.17) is 27.6 Å². The van der Waals surface area contributed by atoms with E-state index in [1.165, 1.54) is 0 Å². The number of furan rings is 1.